The maximum Gasteiger partial charge on any atom is 0.226 e. The van der Waals surface area contributed by atoms with Crippen LogP contribution in [0.15, 0.2) is 42.5 Å². The van der Waals surface area contributed by atoms with E-state index in [0.717, 1.165) is 11.4 Å². The largest absolute Gasteiger partial charge is 0.384 e. The lowest BCUT2D eigenvalue weighted by Gasteiger charge is -2.10. The van der Waals surface area contributed by atoms with E-state index in [1.54, 1.807) is 24.3 Å². The van der Waals surface area contributed by atoms with Gasteiger partial charge in [0.2, 0.25) is 5.91 Å². The first-order chi connectivity index (χ1) is 10.0. The van der Waals surface area contributed by atoms with Crippen LogP contribution in [0.1, 0.15) is 17.5 Å². The molecule has 2 rings (SSSR count). The smallest absolute Gasteiger partial charge is 0.226 e. The molecular weight excluding hydrogens is 284 g/mol. The molecule has 0 saturated heterocycles. The molecule has 2 aromatic carbocycles. The van der Waals surface area contributed by atoms with E-state index in [1.807, 2.05) is 0 Å². The van der Waals surface area contributed by atoms with Crippen LogP contribution in [0.2, 0.25) is 5.02 Å². The Morgan fingerprint density at radius 1 is 1.10 bits per heavy atom. The zero-order valence-corrected chi connectivity index (χ0v) is 13.0. The molecule has 0 saturated carbocycles. The Kier molecular flexibility index (Phi) is 5.23. The second-order valence-electron chi connectivity index (χ2n) is 5.05. The van der Waals surface area contributed by atoms with Crippen molar-refractivity contribution in [3.63, 3.8) is 0 Å². The minimum Gasteiger partial charge on any atom is -0.384 e. The van der Waals surface area contributed by atoms with E-state index in [4.69, 9.17) is 11.6 Å². The monoisotopic (exact) mass is 302 g/mol. The summed E-state index contributed by atoms with van der Waals surface area (Å²) in [5, 5.41) is 6.80. The van der Waals surface area contributed by atoms with Gasteiger partial charge >= 0.3 is 0 Å². The molecule has 2 aromatic rings. The summed E-state index contributed by atoms with van der Waals surface area (Å²) in [6.45, 7) is 4.71. The number of rotatable bonds is 5. The van der Waals surface area contributed by atoms with E-state index in [1.165, 1.54) is 11.1 Å². The van der Waals surface area contributed by atoms with Crippen LogP contribution >= 0.6 is 11.6 Å². The van der Waals surface area contributed by atoms with Gasteiger partial charge in [-0.15, -0.1) is 0 Å². The van der Waals surface area contributed by atoms with Crippen molar-refractivity contribution in [1.82, 2.24) is 0 Å². The molecule has 0 aliphatic carbocycles. The van der Waals surface area contributed by atoms with Gasteiger partial charge in [0.05, 0.1) is 0 Å². The van der Waals surface area contributed by atoms with E-state index < -0.39 is 0 Å². The molecule has 3 nitrogen and oxygen atoms in total. The van der Waals surface area contributed by atoms with Crippen molar-refractivity contribution < 1.29 is 4.79 Å². The maximum atomic E-state index is 11.9. The van der Waals surface area contributed by atoms with Crippen molar-refractivity contribution in [3.8, 4) is 0 Å². The van der Waals surface area contributed by atoms with Gasteiger partial charge in [-0.05, 0) is 55.3 Å². The maximum absolute atomic E-state index is 11.9. The van der Waals surface area contributed by atoms with Crippen LogP contribution in [0.25, 0.3) is 0 Å². The van der Waals surface area contributed by atoms with Crippen LogP contribution in [-0.4, -0.2) is 12.5 Å². The normalized spacial score (nSPS) is 10.2. The number of halogens is 1. The van der Waals surface area contributed by atoms with E-state index in [9.17, 15) is 4.79 Å². The number of carbonyl (C=O) groups is 1. The predicted octanol–water partition coefficient (Wildman–Crippen LogP) is 4.40. The van der Waals surface area contributed by atoms with Gasteiger partial charge in [-0.25, -0.2) is 0 Å². The number of nitrogens with one attached hydrogen (secondary N) is 2. The highest BCUT2D eigenvalue weighted by atomic mass is 35.5. The number of benzene rings is 2. The molecule has 0 heterocycles. The molecule has 0 aliphatic heterocycles. The number of anilines is 2. The van der Waals surface area contributed by atoms with E-state index in [0.29, 0.717) is 18.0 Å². The Morgan fingerprint density at radius 3 is 2.52 bits per heavy atom. The molecular formula is C17H19ClN2O. The third kappa shape index (κ3) is 4.80. The Bertz CT molecular complexity index is 623. The van der Waals surface area contributed by atoms with Gasteiger partial charge in [-0.3, -0.25) is 4.79 Å². The lowest BCUT2D eigenvalue weighted by Crippen LogP contribution is -2.16. The number of hydrogen-bond acceptors (Lipinski definition) is 2. The highest BCUT2D eigenvalue weighted by molar-refractivity contribution is 6.30. The number of aryl methyl sites for hydroxylation is 2. The second kappa shape index (κ2) is 7.14. The summed E-state index contributed by atoms with van der Waals surface area (Å²) in [6, 6.07) is 13.3. The topological polar surface area (TPSA) is 41.1 Å². The predicted molar refractivity (Wildman–Crippen MR) is 89.1 cm³/mol. The molecule has 1 amide bonds. The molecule has 110 valence electrons. The minimum atomic E-state index is -0.0184. The van der Waals surface area contributed by atoms with Crippen LogP contribution in [0.4, 0.5) is 11.4 Å². The summed E-state index contributed by atoms with van der Waals surface area (Å²) in [5.74, 6) is -0.0184. The fraction of sp³-hybridized carbons (Fsp3) is 0.235. The molecule has 21 heavy (non-hydrogen) atoms. The molecule has 0 radical (unpaired) electrons. The molecule has 0 spiro atoms. The highest BCUT2D eigenvalue weighted by Gasteiger charge is 2.03. The Balaban J connectivity index is 1.81. The average molecular weight is 303 g/mol. The van der Waals surface area contributed by atoms with E-state index >= 15 is 0 Å². The van der Waals surface area contributed by atoms with Crippen LogP contribution in [0, 0.1) is 13.8 Å². The zero-order valence-electron chi connectivity index (χ0n) is 12.2. The van der Waals surface area contributed by atoms with Gasteiger partial charge in [0.25, 0.3) is 0 Å². The van der Waals surface area contributed by atoms with Gasteiger partial charge in [0, 0.05) is 29.4 Å². The minimum absolute atomic E-state index is 0.0184. The first-order valence-corrected chi connectivity index (χ1v) is 7.29. The van der Waals surface area contributed by atoms with Gasteiger partial charge in [0.1, 0.15) is 0 Å². The first kappa shape index (κ1) is 15.4. The molecule has 0 atom stereocenters. The molecule has 0 bridgehead atoms. The third-order valence-electron chi connectivity index (χ3n) is 3.19. The Morgan fingerprint density at radius 2 is 1.81 bits per heavy atom. The SMILES string of the molecule is Cc1ccc(C)c(NCCC(=O)Nc2ccc(Cl)cc2)c1. The van der Waals surface area contributed by atoms with E-state index in [2.05, 4.69) is 42.7 Å². The van der Waals surface area contributed by atoms with E-state index in [-0.39, 0.29) is 5.91 Å². The summed E-state index contributed by atoms with van der Waals surface area (Å²) >= 11 is 5.80. The lowest BCUT2D eigenvalue weighted by atomic mass is 10.1. The summed E-state index contributed by atoms with van der Waals surface area (Å²) in [7, 11) is 0. The fourth-order valence-electron chi connectivity index (χ4n) is 1.99. The fourth-order valence-corrected chi connectivity index (χ4v) is 2.12. The van der Waals surface area contributed by atoms with Crippen molar-refractivity contribution >= 4 is 28.9 Å². The zero-order chi connectivity index (χ0) is 15.2. The summed E-state index contributed by atoms with van der Waals surface area (Å²) in [5.41, 5.74) is 4.22. The van der Waals surface area contributed by atoms with Crippen molar-refractivity contribution in [2.75, 3.05) is 17.2 Å². The van der Waals surface area contributed by atoms with Gasteiger partial charge in [-0.2, -0.15) is 0 Å². The molecule has 0 aliphatic rings. The first-order valence-electron chi connectivity index (χ1n) is 6.91. The average Bonchev–Trinajstić information content (AvgIpc) is 2.45. The van der Waals surface area contributed by atoms with Crippen molar-refractivity contribution in [2.24, 2.45) is 0 Å². The van der Waals surface area contributed by atoms with Crippen LogP contribution in [0.3, 0.4) is 0 Å². The lowest BCUT2D eigenvalue weighted by molar-refractivity contribution is -0.115. The summed E-state index contributed by atoms with van der Waals surface area (Å²) in [6.07, 6.45) is 0.413. The molecule has 0 fully saturated rings. The molecule has 0 unspecified atom stereocenters. The third-order valence-corrected chi connectivity index (χ3v) is 3.44. The van der Waals surface area contributed by atoms with Crippen molar-refractivity contribution in [2.45, 2.75) is 20.3 Å². The van der Waals surface area contributed by atoms with Gasteiger partial charge < -0.3 is 10.6 Å². The Labute approximate surface area is 130 Å². The molecule has 2 N–H and O–H groups in total. The summed E-state index contributed by atoms with van der Waals surface area (Å²) in [4.78, 5) is 11.9. The molecule has 0 aromatic heterocycles. The number of carbonyl (C=O) groups excluding carboxylic acids is 1. The Hall–Kier alpha value is -2.00. The quantitative estimate of drug-likeness (QED) is 0.859. The second-order valence-corrected chi connectivity index (χ2v) is 5.49. The van der Waals surface area contributed by atoms with Gasteiger partial charge in [-0.1, -0.05) is 23.7 Å². The van der Waals surface area contributed by atoms with Crippen LogP contribution in [0.5, 0.6) is 0 Å². The summed E-state index contributed by atoms with van der Waals surface area (Å²) < 4.78 is 0. The molecule has 4 heteroatoms. The highest BCUT2D eigenvalue weighted by Crippen LogP contribution is 2.16. The number of amides is 1. The number of hydrogen-bond donors (Lipinski definition) is 2. The van der Waals surface area contributed by atoms with Crippen LogP contribution in [-0.2, 0) is 4.79 Å². The standard InChI is InChI=1S/C17H19ClN2O/c1-12-3-4-13(2)16(11-12)19-10-9-17(21)20-15-7-5-14(18)6-8-15/h3-8,11,19H,9-10H2,1-2H3,(H,20,21). The van der Waals surface area contributed by atoms with Crippen molar-refractivity contribution in [1.29, 1.82) is 0 Å². The van der Waals surface area contributed by atoms with Gasteiger partial charge in [0.15, 0.2) is 0 Å². The van der Waals surface area contributed by atoms with Crippen molar-refractivity contribution in [3.05, 3.63) is 58.6 Å². The van der Waals surface area contributed by atoms with Crippen LogP contribution < -0.4 is 10.6 Å².